The molecule has 3 aromatic rings. The first kappa shape index (κ1) is 18.5. The van der Waals surface area contributed by atoms with Crippen LogP contribution in [0.5, 0.6) is 0 Å². The van der Waals surface area contributed by atoms with Gasteiger partial charge in [-0.25, -0.2) is 28.1 Å². The third-order valence-corrected chi connectivity index (χ3v) is 6.80. The quantitative estimate of drug-likeness (QED) is 0.704. The Morgan fingerprint density at radius 1 is 1.14 bits per heavy atom. The summed E-state index contributed by atoms with van der Waals surface area (Å²) in [4.78, 5) is 12.9. The molecule has 2 aromatic heterocycles. The van der Waals surface area contributed by atoms with Crippen LogP contribution in [-0.4, -0.2) is 38.9 Å². The molecule has 3 heterocycles. The average Bonchev–Trinajstić information content (AvgIpc) is 3.21. The summed E-state index contributed by atoms with van der Waals surface area (Å²) in [5.41, 5.74) is 1.84. The fraction of sp³-hybridized carbons (Fsp3) is 0.368. The van der Waals surface area contributed by atoms with Crippen molar-refractivity contribution in [2.45, 2.75) is 37.6 Å². The van der Waals surface area contributed by atoms with Gasteiger partial charge in [0.25, 0.3) is 0 Å². The highest BCUT2D eigenvalue weighted by Gasteiger charge is 2.26. The van der Waals surface area contributed by atoms with Crippen molar-refractivity contribution in [1.82, 2.24) is 24.7 Å². The predicted molar refractivity (Wildman–Crippen MR) is 105 cm³/mol. The van der Waals surface area contributed by atoms with E-state index >= 15 is 0 Å². The Bertz CT molecular complexity index is 1080. The highest BCUT2D eigenvalue weighted by Crippen LogP contribution is 2.32. The summed E-state index contributed by atoms with van der Waals surface area (Å²) >= 11 is 0. The van der Waals surface area contributed by atoms with Crippen LogP contribution in [0.3, 0.4) is 0 Å². The second-order valence-corrected chi connectivity index (χ2v) is 9.33. The number of aryl methyl sites for hydroxylation is 1. The van der Waals surface area contributed by atoms with Gasteiger partial charge >= 0.3 is 0 Å². The van der Waals surface area contributed by atoms with Gasteiger partial charge in [-0.1, -0.05) is 26.0 Å². The molecule has 1 atom stereocenters. The maximum Gasteiger partial charge on any atom is 0.178 e. The van der Waals surface area contributed by atoms with Gasteiger partial charge in [0.2, 0.25) is 0 Å². The van der Waals surface area contributed by atoms with Crippen LogP contribution in [0.4, 0.5) is 5.82 Å². The number of hydrogen-bond acceptors (Lipinski definition) is 7. The van der Waals surface area contributed by atoms with Gasteiger partial charge in [-0.3, -0.25) is 0 Å². The number of hydrogen-bond donors (Lipinski definition) is 1. The van der Waals surface area contributed by atoms with Crippen LogP contribution in [-0.2, 0) is 16.3 Å². The van der Waals surface area contributed by atoms with Crippen LogP contribution >= 0.6 is 0 Å². The van der Waals surface area contributed by atoms with Crippen molar-refractivity contribution in [2.75, 3.05) is 11.1 Å². The minimum Gasteiger partial charge on any atom is -0.363 e. The molecule has 1 N–H and O–H groups in total. The minimum atomic E-state index is -3.20. The van der Waals surface area contributed by atoms with E-state index in [-0.39, 0.29) is 17.7 Å². The number of aromatic nitrogens is 5. The molecule has 0 aliphatic carbocycles. The zero-order chi connectivity index (χ0) is 19.7. The van der Waals surface area contributed by atoms with Gasteiger partial charge in [-0.05, 0) is 36.0 Å². The van der Waals surface area contributed by atoms with Gasteiger partial charge in [0.1, 0.15) is 24.8 Å². The van der Waals surface area contributed by atoms with Gasteiger partial charge in [0.15, 0.2) is 15.7 Å². The molecule has 0 amide bonds. The summed E-state index contributed by atoms with van der Waals surface area (Å²) in [7, 11) is -3.20. The Hall–Kier alpha value is -2.81. The lowest BCUT2D eigenvalue weighted by Gasteiger charge is -2.25. The number of sulfone groups is 1. The van der Waals surface area contributed by atoms with Crippen LogP contribution < -0.4 is 5.32 Å². The van der Waals surface area contributed by atoms with Gasteiger partial charge in [0, 0.05) is 6.07 Å². The smallest absolute Gasteiger partial charge is 0.178 e. The number of anilines is 1. The van der Waals surface area contributed by atoms with Gasteiger partial charge in [-0.2, -0.15) is 5.10 Å². The van der Waals surface area contributed by atoms with E-state index in [0.717, 1.165) is 17.5 Å². The van der Waals surface area contributed by atoms with Crippen LogP contribution in [0.15, 0.2) is 48.1 Å². The zero-order valence-corrected chi connectivity index (χ0v) is 16.6. The Morgan fingerprint density at radius 3 is 2.75 bits per heavy atom. The molecule has 146 valence electrons. The molecule has 0 bridgehead atoms. The number of nitrogens with one attached hydrogen (secondary N) is 1. The van der Waals surface area contributed by atoms with E-state index in [1.807, 2.05) is 18.2 Å². The number of benzene rings is 1. The number of rotatable bonds is 5. The van der Waals surface area contributed by atoms with Crippen molar-refractivity contribution in [3.63, 3.8) is 0 Å². The number of fused-ring (bicyclic) bond motifs is 1. The lowest BCUT2D eigenvalue weighted by atomic mass is 9.94. The summed E-state index contributed by atoms with van der Waals surface area (Å²) in [6.45, 7) is 4.18. The summed E-state index contributed by atoms with van der Waals surface area (Å²) in [5, 5.41) is 7.51. The molecule has 0 radical (unpaired) electrons. The van der Waals surface area contributed by atoms with E-state index in [4.69, 9.17) is 0 Å². The SMILES string of the molecule is CC(C)[C@H](Nc1cc(-n2cncn2)ncn1)c1ccc2c(c1)S(=O)(=O)CCC2. The normalized spacial score (nSPS) is 16.5. The minimum absolute atomic E-state index is 0.0964. The predicted octanol–water partition coefficient (Wildman–Crippen LogP) is 2.59. The Labute approximate surface area is 164 Å². The molecule has 1 aliphatic heterocycles. The van der Waals surface area contributed by atoms with E-state index in [0.29, 0.717) is 23.0 Å². The van der Waals surface area contributed by atoms with Crippen LogP contribution in [0.1, 0.15) is 37.4 Å². The van der Waals surface area contributed by atoms with Crippen LogP contribution in [0.2, 0.25) is 0 Å². The van der Waals surface area contributed by atoms with E-state index in [9.17, 15) is 8.42 Å². The van der Waals surface area contributed by atoms with Gasteiger partial charge in [-0.15, -0.1) is 0 Å². The third-order valence-electron chi connectivity index (χ3n) is 4.92. The summed E-state index contributed by atoms with van der Waals surface area (Å²) in [5.74, 6) is 1.68. The standard InChI is InChI=1S/C19H22N6O2S/c1-13(2)19(15-6-5-14-4-3-7-28(26,27)16(14)8-15)24-17-9-18(22-11-21-17)25-12-20-10-23-25/h5-6,8-13,19H,3-4,7H2,1-2H3,(H,21,22,24)/t19-/m0/s1. The number of nitrogens with zero attached hydrogens (tertiary/aromatic N) is 5. The third kappa shape index (κ3) is 3.62. The van der Waals surface area contributed by atoms with Crippen molar-refractivity contribution >= 4 is 15.7 Å². The molecule has 9 heteroatoms. The van der Waals surface area contributed by atoms with E-state index in [1.54, 1.807) is 17.1 Å². The molecule has 1 aliphatic rings. The summed E-state index contributed by atoms with van der Waals surface area (Å²) in [6, 6.07) is 7.47. The lowest BCUT2D eigenvalue weighted by Crippen LogP contribution is -2.21. The van der Waals surface area contributed by atoms with Gasteiger partial charge < -0.3 is 5.32 Å². The van der Waals surface area contributed by atoms with Crippen molar-refractivity contribution in [3.8, 4) is 5.82 Å². The Kier molecular flexibility index (Phi) is 4.84. The Balaban J connectivity index is 1.67. The highest BCUT2D eigenvalue weighted by atomic mass is 32.2. The van der Waals surface area contributed by atoms with E-state index < -0.39 is 9.84 Å². The molecular weight excluding hydrogens is 376 g/mol. The molecular formula is C19H22N6O2S. The Morgan fingerprint density at radius 2 is 2.00 bits per heavy atom. The van der Waals surface area contributed by atoms with Crippen molar-refractivity contribution < 1.29 is 8.42 Å². The molecule has 0 spiro atoms. The van der Waals surface area contributed by atoms with Crippen molar-refractivity contribution in [3.05, 3.63) is 54.4 Å². The second-order valence-electron chi connectivity index (χ2n) is 7.26. The first-order valence-corrected chi connectivity index (χ1v) is 10.9. The molecule has 0 saturated heterocycles. The van der Waals surface area contributed by atoms with Crippen molar-refractivity contribution in [1.29, 1.82) is 0 Å². The zero-order valence-electron chi connectivity index (χ0n) is 15.8. The topological polar surface area (TPSA) is 103 Å². The maximum atomic E-state index is 12.5. The van der Waals surface area contributed by atoms with Crippen LogP contribution in [0.25, 0.3) is 5.82 Å². The summed E-state index contributed by atoms with van der Waals surface area (Å²) < 4.78 is 26.5. The molecule has 4 rings (SSSR count). The largest absolute Gasteiger partial charge is 0.363 e. The van der Waals surface area contributed by atoms with E-state index in [2.05, 4.69) is 39.2 Å². The van der Waals surface area contributed by atoms with Gasteiger partial charge in [0.05, 0.1) is 16.7 Å². The highest BCUT2D eigenvalue weighted by molar-refractivity contribution is 7.91. The molecule has 0 saturated carbocycles. The molecule has 0 fully saturated rings. The second kappa shape index (κ2) is 7.31. The molecule has 8 nitrogen and oxygen atoms in total. The average molecular weight is 398 g/mol. The van der Waals surface area contributed by atoms with E-state index in [1.165, 1.54) is 12.7 Å². The fourth-order valence-electron chi connectivity index (χ4n) is 3.50. The lowest BCUT2D eigenvalue weighted by molar-refractivity contribution is 0.542. The first-order valence-electron chi connectivity index (χ1n) is 9.23. The molecule has 28 heavy (non-hydrogen) atoms. The van der Waals surface area contributed by atoms with Crippen LogP contribution in [0, 0.1) is 5.92 Å². The maximum absolute atomic E-state index is 12.5. The first-order chi connectivity index (χ1) is 13.4. The molecule has 0 unspecified atom stereocenters. The monoisotopic (exact) mass is 398 g/mol. The summed E-state index contributed by atoms with van der Waals surface area (Å²) in [6.07, 6.45) is 5.97. The van der Waals surface area contributed by atoms with Crippen molar-refractivity contribution in [2.24, 2.45) is 5.92 Å². The fourth-order valence-corrected chi connectivity index (χ4v) is 5.12. The molecule has 1 aromatic carbocycles.